The summed E-state index contributed by atoms with van der Waals surface area (Å²) in [6, 6.07) is 12.5. The predicted molar refractivity (Wildman–Crippen MR) is 112 cm³/mol. The van der Waals surface area contributed by atoms with E-state index in [1.807, 2.05) is 46.5 Å². The number of hydrogen-bond donors (Lipinski definition) is 0. The lowest BCUT2D eigenvalue weighted by Crippen LogP contribution is -2.30. The van der Waals surface area contributed by atoms with Crippen LogP contribution in [-0.4, -0.2) is 19.2 Å². The highest BCUT2D eigenvalue weighted by molar-refractivity contribution is 5.86. The molecule has 5 nitrogen and oxygen atoms in total. The largest absolute Gasteiger partial charge is 0.312 e. The van der Waals surface area contributed by atoms with Crippen molar-refractivity contribution in [2.45, 2.75) is 45.6 Å². The molecule has 0 radical (unpaired) electrons. The lowest BCUT2D eigenvalue weighted by Gasteiger charge is -2.30. The second kappa shape index (κ2) is 6.59. The molecular formula is C23H24N4O. The first-order chi connectivity index (χ1) is 13.6. The predicted octanol–water partition coefficient (Wildman–Crippen LogP) is 4.77. The van der Waals surface area contributed by atoms with Crippen molar-refractivity contribution in [1.29, 1.82) is 0 Å². The van der Waals surface area contributed by atoms with Crippen LogP contribution in [0.5, 0.6) is 0 Å². The molecule has 3 aromatic heterocycles. The Balaban J connectivity index is 1.72. The standard InChI is InChI=1S/C23H24N4O/c1-15-8-6-7-11-19(15)26-13-12-20-18(23(26)28)14-24-22-21(16(2)25-27(20)22)17-9-4-3-5-10-17/h3-5,9-10,12-15,19H,6-8,11H2,1-2H3/t15-,19-/m0/s1. The Labute approximate surface area is 163 Å². The highest BCUT2D eigenvalue weighted by atomic mass is 16.1. The second-order valence-corrected chi connectivity index (χ2v) is 7.98. The molecule has 142 valence electrons. The average molecular weight is 372 g/mol. The number of hydrogen-bond acceptors (Lipinski definition) is 3. The van der Waals surface area contributed by atoms with Gasteiger partial charge in [-0.2, -0.15) is 5.10 Å². The molecule has 0 amide bonds. The number of aryl methyl sites for hydroxylation is 1. The lowest BCUT2D eigenvalue weighted by molar-refractivity contribution is 0.253. The van der Waals surface area contributed by atoms with E-state index in [0.717, 1.165) is 34.4 Å². The fourth-order valence-electron chi connectivity index (χ4n) is 4.70. The molecule has 1 aromatic carbocycles. The number of nitrogens with zero attached hydrogens (tertiary/aromatic N) is 4. The Morgan fingerprint density at radius 3 is 2.64 bits per heavy atom. The van der Waals surface area contributed by atoms with Crippen molar-refractivity contribution in [3.63, 3.8) is 0 Å². The van der Waals surface area contributed by atoms with Gasteiger partial charge in [-0.15, -0.1) is 0 Å². The molecule has 5 rings (SSSR count). The van der Waals surface area contributed by atoms with Crippen LogP contribution < -0.4 is 5.56 Å². The first-order valence-corrected chi connectivity index (χ1v) is 10.1. The van der Waals surface area contributed by atoms with E-state index in [9.17, 15) is 4.79 Å². The van der Waals surface area contributed by atoms with Gasteiger partial charge in [0.15, 0.2) is 5.65 Å². The molecule has 0 spiro atoms. The maximum Gasteiger partial charge on any atom is 0.261 e. The maximum atomic E-state index is 13.3. The van der Waals surface area contributed by atoms with Crippen LogP contribution in [0.2, 0.25) is 0 Å². The summed E-state index contributed by atoms with van der Waals surface area (Å²) in [5.41, 5.74) is 4.68. The van der Waals surface area contributed by atoms with Gasteiger partial charge in [0, 0.05) is 24.0 Å². The zero-order valence-corrected chi connectivity index (χ0v) is 16.3. The van der Waals surface area contributed by atoms with E-state index < -0.39 is 0 Å². The molecule has 0 saturated heterocycles. The van der Waals surface area contributed by atoms with Crippen molar-refractivity contribution < 1.29 is 0 Å². The number of benzene rings is 1. The first-order valence-electron chi connectivity index (χ1n) is 10.1. The fourth-order valence-corrected chi connectivity index (χ4v) is 4.70. The van der Waals surface area contributed by atoms with Crippen LogP contribution in [0.3, 0.4) is 0 Å². The Morgan fingerprint density at radius 2 is 1.86 bits per heavy atom. The van der Waals surface area contributed by atoms with Gasteiger partial charge in [-0.05, 0) is 37.3 Å². The summed E-state index contributed by atoms with van der Waals surface area (Å²) >= 11 is 0. The van der Waals surface area contributed by atoms with Crippen molar-refractivity contribution in [2.75, 3.05) is 0 Å². The van der Waals surface area contributed by atoms with Crippen LogP contribution in [0.4, 0.5) is 0 Å². The van der Waals surface area contributed by atoms with Crippen LogP contribution in [-0.2, 0) is 0 Å². The molecule has 0 bridgehead atoms. The second-order valence-electron chi connectivity index (χ2n) is 7.98. The molecule has 0 N–H and O–H groups in total. The molecule has 4 aromatic rings. The zero-order valence-electron chi connectivity index (χ0n) is 16.3. The van der Waals surface area contributed by atoms with Crippen molar-refractivity contribution in [1.82, 2.24) is 19.2 Å². The third kappa shape index (κ3) is 2.57. The van der Waals surface area contributed by atoms with Gasteiger partial charge in [0.1, 0.15) is 0 Å². The van der Waals surface area contributed by atoms with Gasteiger partial charge in [0.25, 0.3) is 5.56 Å². The van der Waals surface area contributed by atoms with E-state index in [0.29, 0.717) is 11.3 Å². The van der Waals surface area contributed by atoms with Crippen LogP contribution in [0, 0.1) is 12.8 Å². The number of rotatable bonds is 2. The highest BCUT2D eigenvalue weighted by Gasteiger charge is 2.24. The minimum absolute atomic E-state index is 0.0417. The Hall–Kier alpha value is -2.95. The Morgan fingerprint density at radius 1 is 1.07 bits per heavy atom. The van der Waals surface area contributed by atoms with E-state index in [2.05, 4.69) is 24.0 Å². The summed E-state index contributed by atoms with van der Waals surface area (Å²) in [4.78, 5) is 17.9. The summed E-state index contributed by atoms with van der Waals surface area (Å²) in [5.74, 6) is 0.525. The van der Waals surface area contributed by atoms with Crippen molar-refractivity contribution in [2.24, 2.45) is 5.92 Å². The third-order valence-electron chi connectivity index (χ3n) is 6.20. The molecule has 1 saturated carbocycles. The molecular weight excluding hydrogens is 348 g/mol. The third-order valence-corrected chi connectivity index (χ3v) is 6.20. The summed E-state index contributed by atoms with van der Waals surface area (Å²) in [6.07, 6.45) is 8.39. The summed E-state index contributed by atoms with van der Waals surface area (Å²) in [6.45, 7) is 4.25. The number of aromatic nitrogens is 4. The molecule has 0 aliphatic heterocycles. The van der Waals surface area contributed by atoms with E-state index in [4.69, 9.17) is 5.10 Å². The Kier molecular flexibility index (Phi) is 4.04. The molecule has 1 aliphatic carbocycles. The summed E-state index contributed by atoms with van der Waals surface area (Å²) in [5, 5.41) is 5.36. The van der Waals surface area contributed by atoms with Gasteiger partial charge in [-0.1, -0.05) is 50.1 Å². The van der Waals surface area contributed by atoms with Crippen molar-refractivity contribution in [3.05, 3.63) is 64.8 Å². The SMILES string of the molecule is Cc1nn2c(ncc3c(=O)n([C@H]4CCCC[C@@H]4C)ccc32)c1-c1ccccc1. The molecule has 1 aliphatic rings. The average Bonchev–Trinajstić information content (AvgIpc) is 3.06. The topological polar surface area (TPSA) is 52.2 Å². The van der Waals surface area contributed by atoms with E-state index in [1.165, 1.54) is 19.3 Å². The van der Waals surface area contributed by atoms with Crippen LogP contribution in [0.1, 0.15) is 44.3 Å². The minimum Gasteiger partial charge on any atom is -0.312 e. The summed E-state index contributed by atoms with van der Waals surface area (Å²) in [7, 11) is 0. The van der Waals surface area contributed by atoms with Gasteiger partial charge in [-0.3, -0.25) is 4.79 Å². The van der Waals surface area contributed by atoms with Crippen LogP contribution >= 0.6 is 0 Å². The van der Waals surface area contributed by atoms with E-state index in [-0.39, 0.29) is 11.6 Å². The minimum atomic E-state index is 0.0417. The molecule has 2 atom stereocenters. The molecule has 5 heteroatoms. The zero-order chi connectivity index (χ0) is 19.3. The van der Waals surface area contributed by atoms with Crippen LogP contribution in [0.25, 0.3) is 27.7 Å². The van der Waals surface area contributed by atoms with Gasteiger partial charge in [0.2, 0.25) is 0 Å². The van der Waals surface area contributed by atoms with Gasteiger partial charge < -0.3 is 4.57 Å². The van der Waals surface area contributed by atoms with Gasteiger partial charge in [-0.25, -0.2) is 9.50 Å². The maximum absolute atomic E-state index is 13.3. The quantitative estimate of drug-likeness (QED) is 0.509. The number of pyridine rings is 1. The first kappa shape index (κ1) is 17.2. The molecule has 28 heavy (non-hydrogen) atoms. The Bertz CT molecular complexity index is 1220. The van der Waals surface area contributed by atoms with Crippen molar-refractivity contribution >= 4 is 16.6 Å². The normalized spacial score (nSPS) is 20.1. The summed E-state index contributed by atoms with van der Waals surface area (Å²) < 4.78 is 3.75. The monoisotopic (exact) mass is 372 g/mol. The number of fused-ring (bicyclic) bond motifs is 3. The van der Waals surface area contributed by atoms with E-state index >= 15 is 0 Å². The highest BCUT2D eigenvalue weighted by Crippen LogP contribution is 2.33. The van der Waals surface area contributed by atoms with Gasteiger partial charge in [0.05, 0.1) is 16.6 Å². The smallest absolute Gasteiger partial charge is 0.261 e. The lowest BCUT2D eigenvalue weighted by atomic mass is 9.85. The molecule has 3 heterocycles. The van der Waals surface area contributed by atoms with Crippen molar-refractivity contribution in [3.8, 4) is 11.1 Å². The van der Waals surface area contributed by atoms with Crippen LogP contribution in [0.15, 0.2) is 53.6 Å². The molecule has 1 fully saturated rings. The molecule has 0 unspecified atom stereocenters. The fraction of sp³-hybridized carbons (Fsp3) is 0.348. The van der Waals surface area contributed by atoms with E-state index in [1.54, 1.807) is 6.20 Å². The van der Waals surface area contributed by atoms with Gasteiger partial charge >= 0.3 is 0 Å².